The highest BCUT2D eigenvalue weighted by molar-refractivity contribution is 7.85. The number of aliphatic carboxylic acids is 1. The minimum Gasteiger partial charge on any atom is -0.486 e. The smallest absolute Gasteiger partial charge is 0.303 e. The maximum Gasteiger partial charge on any atom is 0.303 e. The van der Waals surface area contributed by atoms with Crippen molar-refractivity contribution in [2.75, 3.05) is 37.0 Å². The predicted octanol–water partition coefficient (Wildman–Crippen LogP) is 7.76. The van der Waals surface area contributed by atoms with Gasteiger partial charge in [-0.3, -0.25) is 9.35 Å². The fraction of sp³-hybridized carbons (Fsp3) is 0.349. The summed E-state index contributed by atoms with van der Waals surface area (Å²) in [5.74, 6) is 0.451. The van der Waals surface area contributed by atoms with Crippen LogP contribution in [0.2, 0.25) is 0 Å². The van der Waals surface area contributed by atoms with Crippen LogP contribution in [0.3, 0.4) is 0 Å². The van der Waals surface area contributed by atoms with E-state index in [1.807, 2.05) is 54.0 Å². The summed E-state index contributed by atoms with van der Waals surface area (Å²) in [6.45, 7) is 14.1. The zero-order chi connectivity index (χ0) is 38.8. The molecule has 6 rings (SSSR count). The van der Waals surface area contributed by atoms with Crippen LogP contribution in [0.4, 0.5) is 11.4 Å². The Labute approximate surface area is 318 Å². The monoisotopic (exact) mass is 753 g/mol. The van der Waals surface area contributed by atoms with Gasteiger partial charge in [-0.25, -0.2) is 0 Å². The third-order valence-corrected chi connectivity index (χ3v) is 11.0. The van der Waals surface area contributed by atoms with Gasteiger partial charge in [-0.05, 0) is 87.7 Å². The maximum atomic E-state index is 11.9. The van der Waals surface area contributed by atoms with E-state index >= 15 is 0 Å². The van der Waals surface area contributed by atoms with Crippen LogP contribution in [-0.2, 0) is 41.6 Å². The summed E-state index contributed by atoms with van der Waals surface area (Å²) in [5, 5.41) is 9.16. The van der Waals surface area contributed by atoms with Gasteiger partial charge in [0.15, 0.2) is 23.8 Å². The van der Waals surface area contributed by atoms with Crippen molar-refractivity contribution in [3.8, 4) is 5.75 Å². The van der Waals surface area contributed by atoms with Gasteiger partial charge in [0, 0.05) is 47.5 Å². The molecular formula is C43H49N2O8S+. The van der Waals surface area contributed by atoms with Gasteiger partial charge in [0.2, 0.25) is 11.4 Å². The third-order valence-electron chi connectivity index (χ3n) is 10.3. The van der Waals surface area contributed by atoms with Crippen molar-refractivity contribution >= 4 is 33.2 Å². The number of allylic oxidation sites excluding steroid dienone is 5. The molecule has 11 heteroatoms. The molecule has 0 unspecified atom stereocenters. The second-order valence-corrected chi connectivity index (χ2v) is 16.4. The second kappa shape index (κ2) is 15.3. The number of rotatable bonds is 12. The Balaban J connectivity index is 1.46. The highest BCUT2D eigenvalue weighted by Crippen LogP contribution is 2.47. The van der Waals surface area contributed by atoms with Gasteiger partial charge < -0.3 is 24.2 Å². The van der Waals surface area contributed by atoms with Crippen molar-refractivity contribution in [1.29, 1.82) is 0 Å². The molecule has 0 radical (unpaired) electrons. The van der Waals surface area contributed by atoms with Crippen LogP contribution < -0.4 is 9.64 Å². The van der Waals surface area contributed by atoms with E-state index in [0.717, 1.165) is 40.3 Å². The summed E-state index contributed by atoms with van der Waals surface area (Å²) >= 11 is 0. The number of carboxylic acid groups (broad SMARTS) is 1. The lowest BCUT2D eigenvalue weighted by Crippen LogP contribution is -2.29. The van der Waals surface area contributed by atoms with Gasteiger partial charge in [0.1, 0.15) is 24.7 Å². The van der Waals surface area contributed by atoms with Gasteiger partial charge in [0.25, 0.3) is 10.1 Å². The number of ether oxygens (including phenoxy) is 3. The van der Waals surface area contributed by atoms with E-state index in [9.17, 15) is 17.8 Å². The largest absolute Gasteiger partial charge is 0.486 e. The Kier molecular flexibility index (Phi) is 10.9. The lowest BCUT2D eigenvalue weighted by Gasteiger charge is -2.26. The van der Waals surface area contributed by atoms with Gasteiger partial charge in [0.05, 0.1) is 5.41 Å². The average molecular weight is 754 g/mol. The summed E-state index contributed by atoms with van der Waals surface area (Å²) < 4.78 is 54.7. The molecule has 10 nitrogen and oxygen atoms in total. The lowest BCUT2D eigenvalue weighted by molar-refractivity contribution is -0.432. The van der Waals surface area contributed by atoms with Gasteiger partial charge in [-0.15, -0.1) is 0 Å². The predicted molar refractivity (Wildman–Crippen MR) is 210 cm³/mol. The molecule has 3 aromatic carbocycles. The number of nitrogens with zero attached hydrogens (tertiary/aromatic N) is 2. The zero-order valence-electron chi connectivity index (χ0n) is 31.8. The number of anilines is 1. The molecule has 54 heavy (non-hydrogen) atoms. The molecule has 0 aliphatic carbocycles. The third kappa shape index (κ3) is 8.02. The van der Waals surface area contributed by atoms with Crippen LogP contribution in [0.1, 0.15) is 63.3 Å². The van der Waals surface area contributed by atoms with Crippen LogP contribution in [0.15, 0.2) is 114 Å². The standard InChI is InChI=1S/C43H48N2O8S/c1-7-44-34-11-9-8-10-32(34)42(3,4)38(44)21-19-36-41(53-31-16-13-30(14-17-31)15-23-40(46)47)37(52-26-25-51-36)20-22-39-43(5,6)33-28-29(2)12-18-35(33)45(39)24-27-54(48,49)50/h8-14,16-22,28H,7,15,23-27H2,1-6H3,(H-,46,47,48,49,50)/p+1. The Morgan fingerprint density at radius 2 is 1.67 bits per heavy atom. The SMILES string of the molecule is CCN1C(=CC=C2OCCOC(C=CC3=[N+](CCS(=O)(=O)O)c4ccc(C)cc4C3(C)C)=C2Oc2ccc(CCC(=O)O)cc2)C(C)(C)c2ccccc21. The van der Waals surface area contributed by atoms with Crippen molar-refractivity contribution in [2.45, 2.75) is 65.2 Å². The number of carboxylic acids is 1. The minimum atomic E-state index is -4.23. The first kappa shape index (κ1) is 38.6. The first-order chi connectivity index (χ1) is 25.6. The Morgan fingerprint density at radius 3 is 2.37 bits per heavy atom. The quantitative estimate of drug-likeness (QED) is 0.141. The summed E-state index contributed by atoms with van der Waals surface area (Å²) in [7, 11) is -4.23. The molecule has 284 valence electrons. The first-order valence-corrected chi connectivity index (χ1v) is 19.9. The molecule has 0 spiro atoms. The number of hydrogen-bond donors (Lipinski definition) is 2. The summed E-state index contributed by atoms with van der Waals surface area (Å²) in [6, 6.07) is 21.8. The van der Waals surface area contributed by atoms with Gasteiger partial charge >= 0.3 is 5.97 Å². The van der Waals surface area contributed by atoms with E-state index in [4.69, 9.17) is 19.3 Å². The van der Waals surface area contributed by atoms with Crippen LogP contribution in [0.5, 0.6) is 5.75 Å². The van der Waals surface area contributed by atoms with Gasteiger partial charge in [-0.1, -0.05) is 55.8 Å². The first-order valence-electron chi connectivity index (χ1n) is 18.3. The number of carbonyl (C=O) groups is 1. The van der Waals surface area contributed by atoms with E-state index < -0.39 is 27.3 Å². The molecule has 2 N–H and O–H groups in total. The van der Waals surface area contributed by atoms with Crippen molar-refractivity contribution in [3.63, 3.8) is 0 Å². The summed E-state index contributed by atoms with van der Waals surface area (Å²) in [6.07, 6.45) is 8.18. The number of hydrogen-bond acceptors (Lipinski definition) is 7. The Hall–Kier alpha value is -5.13. The molecule has 3 aliphatic rings. The van der Waals surface area contributed by atoms with Crippen LogP contribution in [0.25, 0.3) is 0 Å². The molecule has 0 aromatic heterocycles. The highest BCUT2D eigenvalue weighted by atomic mass is 32.2. The van der Waals surface area contributed by atoms with Crippen LogP contribution in [-0.4, -0.2) is 66.4 Å². The van der Waals surface area contributed by atoms with Crippen molar-refractivity contribution < 1.29 is 41.7 Å². The molecule has 3 aliphatic heterocycles. The molecule has 0 amide bonds. The number of aryl methyl sites for hydroxylation is 2. The molecule has 0 saturated heterocycles. The second-order valence-electron chi connectivity index (χ2n) is 14.8. The normalized spacial score (nSPS) is 19.2. The van der Waals surface area contributed by atoms with E-state index in [1.54, 1.807) is 12.1 Å². The maximum absolute atomic E-state index is 11.9. The number of fused-ring (bicyclic) bond motifs is 2. The van der Waals surface area contributed by atoms with Crippen LogP contribution >= 0.6 is 0 Å². The molecule has 0 fully saturated rings. The van der Waals surface area contributed by atoms with E-state index in [2.05, 4.69) is 75.9 Å². The van der Waals surface area contributed by atoms with Crippen molar-refractivity contribution in [3.05, 3.63) is 136 Å². The topological polar surface area (TPSA) is 126 Å². The minimum absolute atomic E-state index is 0.0262. The molecule has 0 saturated carbocycles. The summed E-state index contributed by atoms with van der Waals surface area (Å²) in [5.41, 5.74) is 7.44. The molecule has 0 bridgehead atoms. The van der Waals surface area contributed by atoms with Crippen LogP contribution in [0, 0.1) is 6.92 Å². The fourth-order valence-electron chi connectivity index (χ4n) is 7.52. The zero-order valence-corrected chi connectivity index (χ0v) is 32.6. The Morgan fingerprint density at radius 1 is 0.944 bits per heavy atom. The highest BCUT2D eigenvalue weighted by Gasteiger charge is 2.45. The van der Waals surface area contributed by atoms with Gasteiger partial charge in [-0.2, -0.15) is 13.0 Å². The molecular weight excluding hydrogens is 705 g/mol. The number of para-hydroxylation sites is 1. The number of likely N-dealkylation sites (N-methyl/N-ethyl adjacent to an activating group) is 1. The molecule has 3 aromatic rings. The van der Waals surface area contributed by atoms with E-state index in [1.165, 1.54) is 11.3 Å². The van der Waals surface area contributed by atoms with Crippen molar-refractivity contribution in [1.82, 2.24) is 0 Å². The Bertz CT molecular complexity index is 2210. The van der Waals surface area contributed by atoms with E-state index in [0.29, 0.717) is 29.4 Å². The molecule has 0 atom stereocenters. The summed E-state index contributed by atoms with van der Waals surface area (Å²) in [4.78, 5) is 13.5. The molecule has 3 heterocycles. The van der Waals surface area contributed by atoms with E-state index in [-0.39, 0.29) is 31.6 Å². The average Bonchev–Trinajstić information content (AvgIpc) is 3.35. The lowest BCUT2D eigenvalue weighted by atomic mass is 9.81. The fourth-order valence-corrected chi connectivity index (χ4v) is 7.94. The van der Waals surface area contributed by atoms with Crippen molar-refractivity contribution in [2.24, 2.45) is 0 Å². The number of benzene rings is 3.